The summed E-state index contributed by atoms with van der Waals surface area (Å²) in [6, 6.07) is 15.5. The molecular weight excluding hydrogens is 288 g/mol. The number of nitro groups is 1. The second kappa shape index (κ2) is 5.84. The van der Waals surface area contributed by atoms with Crippen molar-refractivity contribution in [1.82, 2.24) is 5.32 Å². The van der Waals surface area contributed by atoms with Crippen LogP contribution in [0.3, 0.4) is 0 Å². The van der Waals surface area contributed by atoms with Crippen molar-refractivity contribution < 1.29 is 4.92 Å². The van der Waals surface area contributed by atoms with Crippen molar-refractivity contribution in [1.29, 1.82) is 0 Å². The minimum atomic E-state index is -0.435. The molecule has 0 amide bonds. The molecule has 0 bridgehead atoms. The Morgan fingerprint density at radius 2 is 2.00 bits per heavy atom. The molecular formula is C16H15ClN2O2. The number of halogens is 1. The number of hydrogen-bond donors (Lipinski definition) is 1. The number of nitro benzene ring substituents is 1. The van der Waals surface area contributed by atoms with Gasteiger partial charge in [-0.1, -0.05) is 41.9 Å². The van der Waals surface area contributed by atoms with E-state index in [1.165, 1.54) is 17.7 Å². The highest BCUT2D eigenvalue weighted by Crippen LogP contribution is 2.40. The van der Waals surface area contributed by atoms with Crippen LogP contribution >= 0.6 is 11.6 Å². The normalized spacial score (nSPS) is 20.2. The Hall–Kier alpha value is -1.91. The Bertz CT molecular complexity index is 661. The topological polar surface area (TPSA) is 55.2 Å². The van der Waals surface area contributed by atoms with Gasteiger partial charge in [0.15, 0.2) is 0 Å². The smallest absolute Gasteiger partial charge is 0.270 e. The summed E-state index contributed by atoms with van der Waals surface area (Å²) in [5.41, 5.74) is 2.27. The molecule has 0 spiro atoms. The molecule has 0 heterocycles. The minimum Gasteiger partial charge on any atom is -0.309 e. The largest absolute Gasteiger partial charge is 0.309 e. The van der Waals surface area contributed by atoms with E-state index < -0.39 is 4.92 Å². The van der Waals surface area contributed by atoms with Crippen LogP contribution in [0.5, 0.6) is 0 Å². The first-order valence-corrected chi connectivity index (χ1v) is 7.24. The molecule has 4 nitrogen and oxygen atoms in total. The zero-order valence-corrected chi connectivity index (χ0v) is 12.1. The van der Waals surface area contributed by atoms with Crippen molar-refractivity contribution in [3.8, 4) is 0 Å². The van der Waals surface area contributed by atoms with Crippen molar-refractivity contribution in [3.63, 3.8) is 0 Å². The first-order valence-electron chi connectivity index (χ1n) is 6.86. The van der Waals surface area contributed by atoms with Gasteiger partial charge in [-0.05, 0) is 23.6 Å². The van der Waals surface area contributed by atoms with E-state index in [9.17, 15) is 10.1 Å². The Morgan fingerprint density at radius 1 is 1.24 bits per heavy atom. The van der Waals surface area contributed by atoms with Gasteiger partial charge in [-0.15, -0.1) is 0 Å². The van der Waals surface area contributed by atoms with Crippen molar-refractivity contribution in [2.24, 2.45) is 0 Å². The van der Waals surface area contributed by atoms with E-state index in [-0.39, 0.29) is 5.69 Å². The van der Waals surface area contributed by atoms with Crippen molar-refractivity contribution >= 4 is 17.3 Å². The van der Waals surface area contributed by atoms with Crippen molar-refractivity contribution in [2.45, 2.75) is 24.9 Å². The summed E-state index contributed by atoms with van der Waals surface area (Å²) in [6.45, 7) is 0.630. The van der Waals surface area contributed by atoms with Gasteiger partial charge in [-0.2, -0.15) is 0 Å². The summed E-state index contributed by atoms with van der Waals surface area (Å²) in [6.07, 6.45) is 1.12. The Balaban J connectivity index is 1.58. The SMILES string of the molecule is O=[N+]([O-])c1ccc(CNC2CC2c2ccccc2)c(Cl)c1. The van der Waals surface area contributed by atoms with Crippen LogP contribution in [0, 0.1) is 10.1 Å². The van der Waals surface area contributed by atoms with Crippen LogP contribution in [0.15, 0.2) is 48.5 Å². The summed E-state index contributed by atoms with van der Waals surface area (Å²) >= 11 is 6.09. The standard InChI is InChI=1S/C16H15ClN2O2/c17-15-8-13(19(20)21)7-6-12(15)10-18-16-9-14(16)11-4-2-1-3-5-11/h1-8,14,16,18H,9-10H2. The molecule has 1 fully saturated rings. The Labute approximate surface area is 127 Å². The van der Waals surface area contributed by atoms with Gasteiger partial charge in [0.05, 0.1) is 9.95 Å². The molecule has 0 radical (unpaired) electrons. The fourth-order valence-corrected chi connectivity index (χ4v) is 2.77. The molecule has 5 heteroatoms. The molecule has 0 saturated heterocycles. The van der Waals surface area contributed by atoms with E-state index in [2.05, 4.69) is 29.6 Å². The first-order chi connectivity index (χ1) is 10.1. The summed E-state index contributed by atoms with van der Waals surface area (Å²) in [4.78, 5) is 10.2. The maximum absolute atomic E-state index is 10.7. The second-order valence-corrected chi connectivity index (χ2v) is 5.68. The maximum Gasteiger partial charge on any atom is 0.270 e. The van der Waals surface area contributed by atoms with E-state index in [4.69, 9.17) is 11.6 Å². The highest BCUT2D eigenvalue weighted by Gasteiger charge is 2.37. The average Bonchev–Trinajstić information content (AvgIpc) is 3.26. The molecule has 2 aromatic rings. The zero-order chi connectivity index (χ0) is 14.8. The lowest BCUT2D eigenvalue weighted by Crippen LogP contribution is -2.17. The van der Waals surface area contributed by atoms with Crippen molar-refractivity contribution in [3.05, 3.63) is 74.8 Å². The van der Waals surface area contributed by atoms with E-state index in [0.717, 1.165) is 12.0 Å². The lowest BCUT2D eigenvalue weighted by atomic mass is 10.1. The van der Waals surface area contributed by atoms with Gasteiger partial charge in [0, 0.05) is 30.6 Å². The third-order valence-electron chi connectivity index (χ3n) is 3.82. The number of nitrogens with zero attached hydrogens (tertiary/aromatic N) is 1. The predicted octanol–water partition coefficient (Wildman–Crippen LogP) is 3.89. The van der Waals surface area contributed by atoms with Gasteiger partial charge in [-0.25, -0.2) is 0 Å². The van der Waals surface area contributed by atoms with Crippen LogP contribution in [-0.4, -0.2) is 11.0 Å². The molecule has 1 aliphatic carbocycles. The van der Waals surface area contributed by atoms with Gasteiger partial charge in [0.1, 0.15) is 0 Å². The molecule has 21 heavy (non-hydrogen) atoms. The highest BCUT2D eigenvalue weighted by atomic mass is 35.5. The van der Waals surface area contributed by atoms with Crippen LogP contribution in [0.2, 0.25) is 5.02 Å². The van der Waals surface area contributed by atoms with E-state index in [1.54, 1.807) is 6.07 Å². The third kappa shape index (κ3) is 3.23. The van der Waals surface area contributed by atoms with Gasteiger partial charge >= 0.3 is 0 Å². The van der Waals surface area contributed by atoms with Crippen LogP contribution in [0.25, 0.3) is 0 Å². The highest BCUT2D eigenvalue weighted by molar-refractivity contribution is 6.31. The molecule has 2 aromatic carbocycles. The molecule has 1 N–H and O–H groups in total. The molecule has 1 saturated carbocycles. The number of nitrogens with one attached hydrogen (secondary N) is 1. The maximum atomic E-state index is 10.7. The number of benzene rings is 2. The van der Waals surface area contributed by atoms with Crippen LogP contribution in [-0.2, 0) is 6.54 Å². The monoisotopic (exact) mass is 302 g/mol. The number of non-ortho nitro benzene ring substituents is 1. The number of rotatable bonds is 5. The van der Waals surface area contributed by atoms with Crippen molar-refractivity contribution in [2.75, 3.05) is 0 Å². The fourth-order valence-electron chi connectivity index (χ4n) is 2.52. The lowest BCUT2D eigenvalue weighted by molar-refractivity contribution is -0.384. The fraction of sp³-hybridized carbons (Fsp3) is 0.250. The summed E-state index contributed by atoms with van der Waals surface area (Å²) in [5.74, 6) is 0.558. The van der Waals surface area contributed by atoms with Crippen LogP contribution in [0.1, 0.15) is 23.5 Å². The van der Waals surface area contributed by atoms with Gasteiger partial charge < -0.3 is 5.32 Å². The Morgan fingerprint density at radius 3 is 2.67 bits per heavy atom. The lowest BCUT2D eigenvalue weighted by Gasteiger charge is -2.06. The van der Waals surface area contributed by atoms with E-state index >= 15 is 0 Å². The van der Waals surface area contributed by atoms with Gasteiger partial charge in [0.2, 0.25) is 0 Å². The average molecular weight is 303 g/mol. The molecule has 0 aromatic heterocycles. The Kier molecular flexibility index (Phi) is 3.90. The summed E-state index contributed by atoms with van der Waals surface area (Å²) < 4.78 is 0. The van der Waals surface area contributed by atoms with E-state index in [0.29, 0.717) is 23.5 Å². The molecule has 2 atom stereocenters. The molecule has 0 aliphatic heterocycles. The van der Waals surface area contributed by atoms with E-state index in [1.807, 2.05) is 6.07 Å². The molecule has 2 unspecified atom stereocenters. The third-order valence-corrected chi connectivity index (χ3v) is 4.17. The summed E-state index contributed by atoms with van der Waals surface area (Å²) in [5, 5.41) is 14.6. The summed E-state index contributed by atoms with van der Waals surface area (Å²) in [7, 11) is 0. The van der Waals surface area contributed by atoms with Crippen LogP contribution < -0.4 is 5.32 Å². The van der Waals surface area contributed by atoms with Gasteiger partial charge in [-0.3, -0.25) is 10.1 Å². The molecule has 108 valence electrons. The zero-order valence-electron chi connectivity index (χ0n) is 11.3. The van der Waals surface area contributed by atoms with Gasteiger partial charge in [0.25, 0.3) is 5.69 Å². The molecule has 1 aliphatic rings. The minimum absolute atomic E-state index is 0.0253. The molecule has 3 rings (SSSR count). The predicted molar refractivity (Wildman–Crippen MR) is 82.5 cm³/mol. The van der Waals surface area contributed by atoms with Crippen LogP contribution in [0.4, 0.5) is 5.69 Å². The second-order valence-electron chi connectivity index (χ2n) is 5.27. The first kappa shape index (κ1) is 14.0. The quantitative estimate of drug-likeness (QED) is 0.673. The number of hydrogen-bond acceptors (Lipinski definition) is 3.